The molecule has 300 valence electrons. The molecule has 2 aliphatic carbocycles. The minimum Gasteiger partial charge on any atom is -0.506 e. The lowest BCUT2D eigenvalue weighted by Gasteiger charge is -2.27. The predicted molar refractivity (Wildman–Crippen MR) is 212 cm³/mol. The van der Waals surface area contributed by atoms with Crippen LogP contribution in [0.25, 0.3) is 22.2 Å². The largest absolute Gasteiger partial charge is 0.506 e. The Labute approximate surface area is 335 Å². The second-order valence-electron chi connectivity index (χ2n) is 12.5. The maximum Gasteiger partial charge on any atom is 0.306 e. The van der Waals surface area contributed by atoms with Gasteiger partial charge in [-0.25, -0.2) is 10.1 Å². The molecule has 0 radical (unpaired) electrons. The number of anilines is 1. The van der Waals surface area contributed by atoms with E-state index in [0.29, 0.717) is 18.7 Å². The maximum atomic E-state index is 13.1. The van der Waals surface area contributed by atoms with E-state index in [-0.39, 0.29) is 102 Å². The number of esters is 2. The highest BCUT2D eigenvalue weighted by atomic mass is 16.6. The number of hydrogen-bond donors (Lipinski definition) is 2. The summed E-state index contributed by atoms with van der Waals surface area (Å²) in [7, 11) is 0. The van der Waals surface area contributed by atoms with Gasteiger partial charge in [0.2, 0.25) is 5.78 Å². The number of aliphatic hydroxyl groups excluding tert-OH is 2. The zero-order chi connectivity index (χ0) is 42.2. The van der Waals surface area contributed by atoms with Crippen LogP contribution in [-0.2, 0) is 28.7 Å². The van der Waals surface area contributed by atoms with Gasteiger partial charge in [-0.2, -0.15) is 5.26 Å². The third-order valence-corrected chi connectivity index (χ3v) is 9.11. The number of carbonyl (C=O) groups is 4. The van der Waals surface area contributed by atoms with Crippen LogP contribution in [0.15, 0.2) is 77.2 Å². The Morgan fingerprint density at radius 1 is 0.862 bits per heavy atom. The van der Waals surface area contributed by atoms with Crippen molar-refractivity contribution >= 4 is 46.5 Å². The molecule has 0 aliphatic heterocycles. The summed E-state index contributed by atoms with van der Waals surface area (Å²) < 4.78 is 21.6. The van der Waals surface area contributed by atoms with Gasteiger partial charge in [0.25, 0.3) is 5.70 Å². The van der Waals surface area contributed by atoms with Crippen molar-refractivity contribution in [2.45, 2.75) is 33.6 Å². The molecule has 0 amide bonds. The fraction of sp³-hybridized carbons (Fsp3) is 0.326. The lowest BCUT2D eigenvalue weighted by atomic mass is 9.79. The summed E-state index contributed by atoms with van der Waals surface area (Å²) in [6.07, 6.45) is 5.53. The van der Waals surface area contributed by atoms with E-state index in [1.807, 2.05) is 36.6 Å². The van der Waals surface area contributed by atoms with Gasteiger partial charge >= 0.3 is 11.9 Å². The Bertz CT molecular complexity index is 2280. The SMILES string of the molecule is [C-]#[N+]/C(C#N)=c1\cc(OCCOC(=O)CCC(=O)OCCN(CC)c2ccc(C3=C(O)C(=C4C=CC(N(CC)CC)=CC4=O)C3=O)cc2)/c(=C/C#N)cc1OCCO. The molecule has 0 unspecified atom stereocenters. The number of nitrogens with zero attached hydrogens (tertiary/aromatic N) is 5. The van der Waals surface area contributed by atoms with E-state index in [4.69, 9.17) is 30.6 Å². The van der Waals surface area contributed by atoms with Crippen LogP contribution in [0.2, 0.25) is 0 Å². The second-order valence-corrected chi connectivity index (χ2v) is 12.5. The molecule has 2 aromatic carbocycles. The van der Waals surface area contributed by atoms with Gasteiger partial charge in [0, 0.05) is 59.2 Å². The molecule has 0 heterocycles. The molecular weight excluding hydrogens is 746 g/mol. The molecule has 58 heavy (non-hydrogen) atoms. The standard InChI is InChI=1S/C43H43N5O10/c1-5-47(6-2)31-12-13-32(35(50)25-31)41-42(53)40(43(41)54)28-8-10-30(11-9-28)48(7-3)18-20-57-38(51)14-15-39(52)58-23-22-56-36-26-33(34(27-45)46-4)37(55-21-19-49)24-29(36)16-17-44/h8-13,16,24-26,49,53H,5-7,14-15,18-23H2,1-3H3/b29-16+,34-33+,41-32?. The summed E-state index contributed by atoms with van der Waals surface area (Å²) in [6.45, 7) is 14.8. The Kier molecular flexibility index (Phi) is 16.0. The summed E-state index contributed by atoms with van der Waals surface area (Å²) >= 11 is 0. The summed E-state index contributed by atoms with van der Waals surface area (Å²) in [5.41, 5.74) is 2.06. The second kappa shape index (κ2) is 21.2. The van der Waals surface area contributed by atoms with E-state index < -0.39 is 17.7 Å². The number of ether oxygens (including phenoxy) is 4. The van der Waals surface area contributed by atoms with E-state index >= 15 is 0 Å². The highest BCUT2D eigenvalue weighted by molar-refractivity contribution is 6.41. The number of aliphatic hydroxyl groups is 2. The number of nitriles is 2. The molecule has 2 N–H and O–H groups in total. The molecular formula is C43H43N5O10. The molecule has 2 aromatic rings. The van der Waals surface area contributed by atoms with Gasteiger partial charge in [-0.15, -0.1) is 0 Å². The van der Waals surface area contributed by atoms with Crippen LogP contribution >= 0.6 is 0 Å². The van der Waals surface area contributed by atoms with E-state index in [1.54, 1.807) is 42.5 Å². The topological polar surface area (TPSA) is 204 Å². The van der Waals surface area contributed by atoms with Gasteiger partial charge in [-0.3, -0.25) is 19.2 Å². The van der Waals surface area contributed by atoms with Crippen LogP contribution in [0.1, 0.15) is 39.2 Å². The molecule has 0 saturated carbocycles. The van der Waals surface area contributed by atoms with Gasteiger partial charge in [0.1, 0.15) is 43.7 Å². The summed E-state index contributed by atoms with van der Waals surface area (Å²) in [5.74, 6) is -1.99. The Hall–Kier alpha value is -7.15. The summed E-state index contributed by atoms with van der Waals surface area (Å²) in [4.78, 5) is 57.8. The van der Waals surface area contributed by atoms with Crippen LogP contribution in [0.3, 0.4) is 0 Å². The van der Waals surface area contributed by atoms with Crippen molar-refractivity contribution in [3.8, 4) is 23.6 Å². The fourth-order valence-electron chi connectivity index (χ4n) is 6.15. The van der Waals surface area contributed by atoms with Crippen LogP contribution in [-0.4, -0.2) is 97.8 Å². The molecule has 15 nitrogen and oxygen atoms in total. The third-order valence-electron chi connectivity index (χ3n) is 9.11. The van der Waals surface area contributed by atoms with Crippen molar-refractivity contribution in [2.75, 3.05) is 64.1 Å². The minimum absolute atomic E-state index is 0.00701. The van der Waals surface area contributed by atoms with Crippen molar-refractivity contribution < 1.29 is 48.3 Å². The zero-order valence-corrected chi connectivity index (χ0v) is 32.4. The summed E-state index contributed by atoms with van der Waals surface area (Å²) in [6, 6.07) is 13.4. The number of likely N-dealkylation sites (N-methyl/N-ethyl adjacent to an activating group) is 2. The fourth-order valence-corrected chi connectivity index (χ4v) is 6.15. The van der Waals surface area contributed by atoms with Crippen molar-refractivity contribution in [3.63, 3.8) is 0 Å². The van der Waals surface area contributed by atoms with Crippen molar-refractivity contribution in [2.24, 2.45) is 0 Å². The number of rotatable bonds is 19. The van der Waals surface area contributed by atoms with Gasteiger partial charge in [-0.1, -0.05) is 12.1 Å². The molecule has 0 fully saturated rings. The summed E-state index contributed by atoms with van der Waals surface area (Å²) in [5, 5.41) is 38.9. The van der Waals surface area contributed by atoms with Gasteiger partial charge in [0.15, 0.2) is 5.78 Å². The van der Waals surface area contributed by atoms with Gasteiger partial charge in [-0.05, 0) is 62.8 Å². The first-order chi connectivity index (χ1) is 28.0. The average molecular weight is 790 g/mol. The van der Waals surface area contributed by atoms with Gasteiger partial charge in [0.05, 0.1) is 55.9 Å². The van der Waals surface area contributed by atoms with E-state index in [0.717, 1.165) is 24.5 Å². The Balaban J connectivity index is 1.24. The molecule has 15 heteroatoms. The van der Waals surface area contributed by atoms with Crippen molar-refractivity contribution in [3.05, 3.63) is 105 Å². The van der Waals surface area contributed by atoms with E-state index in [1.165, 1.54) is 24.3 Å². The maximum absolute atomic E-state index is 13.1. The molecule has 0 aromatic heterocycles. The van der Waals surface area contributed by atoms with E-state index in [9.17, 15) is 34.8 Å². The molecule has 0 spiro atoms. The third kappa shape index (κ3) is 10.6. The van der Waals surface area contributed by atoms with Crippen LogP contribution < -0.4 is 24.8 Å². The molecule has 2 aliphatic rings. The molecule has 4 rings (SSSR count). The monoisotopic (exact) mass is 789 g/mol. The quantitative estimate of drug-likeness (QED) is 0.0909. The number of hydrogen-bond acceptors (Lipinski definition) is 14. The minimum atomic E-state index is -0.668. The highest BCUT2D eigenvalue weighted by Crippen LogP contribution is 2.39. The normalized spacial score (nSPS) is 15.3. The molecule has 0 saturated heterocycles. The Morgan fingerprint density at radius 2 is 1.52 bits per heavy atom. The first-order valence-corrected chi connectivity index (χ1v) is 18.6. The number of allylic oxidation sites excluding steroid dienone is 6. The van der Waals surface area contributed by atoms with Crippen LogP contribution in [0.5, 0.6) is 11.5 Å². The van der Waals surface area contributed by atoms with Crippen LogP contribution in [0.4, 0.5) is 5.69 Å². The number of Topliss-reactive ketones (excluding diaryl/α,β-unsaturated/α-hetero) is 1. The van der Waals surface area contributed by atoms with Gasteiger partial charge < -0.3 is 39.0 Å². The number of ketones is 2. The van der Waals surface area contributed by atoms with Crippen LogP contribution in [0, 0.1) is 29.2 Å². The predicted octanol–water partition coefficient (Wildman–Crippen LogP) is 3.20. The lowest BCUT2D eigenvalue weighted by Crippen LogP contribution is -2.28. The number of carbonyl (C=O) groups excluding carboxylic acids is 4. The van der Waals surface area contributed by atoms with Crippen molar-refractivity contribution in [1.82, 2.24) is 4.90 Å². The van der Waals surface area contributed by atoms with Crippen molar-refractivity contribution in [1.29, 1.82) is 10.5 Å². The lowest BCUT2D eigenvalue weighted by molar-refractivity contribution is -0.150. The first kappa shape index (κ1) is 43.6. The average Bonchev–Trinajstić information content (AvgIpc) is 3.22. The Morgan fingerprint density at radius 3 is 2.09 bits per heavy atom. The first-order valence-electron chi connectivity index (χ1n) is 18.6. The smallest absolute Gasteiger partial charge is 0.306 e. The molecule has 0 bridgehead atoms. The molecule has 0 atom stereocenters. The highest BCUT2D eigenvalue weighted by Gasteiger charge is 2.38. The number of benzene rings is 2. The van der Waals surface area contributed by atoms with E-state index in [2.05, 4.69) is 4.85 Å². The zero-order valence-electron chi connectivity index (χ0n) is 32.4.